The molecular weight excluding hydrogens is 424 g/mol. The van der Waals surface area contributed by atoms with Crippen LogP contribution in [0.2, 0.25) is 0 Å². The number of benzene rings is 2. The van der Waals surface area contributed by atoms with E-state index in [-0.39, 0.29) is 16.1 Å². The van der Waals surface area contributed by atoms with Crippen molar-refractivity contribution < 1.29 is 22.9 Å². The number of anilines is 2. The Labute approximate surface area is 181 Å². The minimum atomic E-state index is -3.71. The van der Waals surface area contributed by atoms with E-state index in [1.165, 1.54) is 51.5 Å². The number of hydrogen-bond donors (Lipinski definition) is 2. The fraction of sp³-hybridized carbons (Fsp3) is 0.350. The van der Waals surface area contributed by atoms with E-state index in [2.05, 4.69) is 10.6 Å². The van der Waals surface area contributed by atoms with Gasteiger partial charge in [0.1, 0.15) is 0 Å². The molecule has 0 heterocycles. The van der Waals surface area contributed by atoms with Gasteiger partial charge >= 0.3 is 0 Å². The predicted octanol–water partition coefficient (Wildman–Crippen LogP) is 2.77. The van der Waals surface area contributed by atoms with Crippen LogP contribution in [0.1, 0.15) is 21.5 Å². The number of nitro groups is 1. The van der Waals surface area contributed by atoms with Crippen molar-refractivity contribution in [1.29, 1.82) is 0 Å². The van der Waals surface area contributed by atoms with Gasteiger partial charge in [0.15, 0.2) is 0 Å². The molecule has 10 nitrogen and oxygen atoms in total. The average molecular weight is 451 g/mol. The molecular formula is C20H26N4O6S. The SMILES string of the molecule is COCCNc1ccc([N+](=O)[O-])cc1C(=O)Nc1cc(S(=O)(=O)N(C)C)cc(C)c1C. The molecule has 0 unspecified atom stereocenters. The molecule has 2 N–H and O–H groups in total. The molecule has 0 spiro atoms. The van der Waals surface area contributed by atoms with Crippen LogP contribution in [-0.2, 0) is 14.8 Å². The van der Waals surface area contributed by atoms with Crippen LogP contribution in [0.3, 0.4) is 0 Å². The summed E-state index contributed by atoms with van der Waals surface area (Å²) in [6, 6.07) is 6.84. The predicted molar refractivity (Wildman–Crippen MR) is 118 cm³/mol. The van der Waals surface area contributed by atoms with E-state index in [1.807, 2.05) is 0 Å². The molecule has 0 radical (unpaired) electrons. The molecule has 2 aromatic rings. The van der Waals surface area contributed by atoms with E-state index in [9.17, 15) is 23.3 Å². The van der Waals surface area contributed by atoms with Crippen LogP contribution in [0.5, 0.6) is 0 Å². The lowest BCUT2D eigenvalue weighted by atomic mass is 10.1. The Morgan fingerprint density at radius 3 is 2.42 bits per heavy atom. The number of aryl methyl sites for hydroxylation is 1. The highest BCUT2D eigenvalue weighted by atomic mass is 32.2. The molecule has 0 saturated heterocycles. The van der Waals surface area contributed by atoms with Gasteiger partial charge in [0.25, 0.3) is 11.6 Å². The summed E-state index contributed by atoms with van der Waals surface area (Å²) >= 11 is 0. The molecule has 0 bridgehead atoms. The number of methoxy groups -OCH3 is 1. The summed E-state index contributed by atoms with van der Waals surface area (Å²) in [5.74, 6) is -0.606. The molecule has 0 atom stereocenters. The number of nitro benzene ring substituents is 1. The number of rotatable bonds is 9. The monoisotopic (exact) mass is 450 g/mol. The van der Waals surface area contributed by atoms with Gasteiger partial charge in [0.2, 0.25) is 10.0 Å². The van der Waals surface area contributed by atoms with Gasteiger partial charge in [-0.2, -0.15) is 0 Å². The number of ether oxygens (including phenoxy) is 1. The fourth-order valence-corrected chi connectivity index (χ4v) is 3.80. The fourth-order valence-electron chi connectivity index (χ4n) is 2.78. The molecule has 0 aliphatic carbocycles. The highest BCUT2D eigenvalue weighted by Gasteiger charge is 2.22. The van der Waals surface area contributed by atoms with E-state index in [4.69, 9.17) is 4.74 Å². The number of sulfonamides is 1. The van der Waals surface area contributed by atoms with Crippen molar-refractivity contribution in [2.75, 3.05) is 45.0 Å². The highest BCUT2D eigenvalue weighted by Crippen LogP contribution is 2.28. The van der Waals surface area contributed by atoms with Crippen molar-refractivity contribution in [3.05, 3.63) is 57.1 Å². The Balaban J connectivity index is 2.48. The van der Waals surface area contributed by atoms with Crippen molar-refractivity contribution in [3.8, 4) is 0 Å². The Morgan fingerprint density at radius 1 is 1.16 bits per heavy atom. The number of nitrogens with zero attached hydrogens (tertiary/aromatic N) is 2. The van der Waals surface area contributed by atoms with Gasteiger partial charge in [0, 0.05) is 51.3 Å². The van der Waals surface area contributed by atoms with Crippen molar-refractivity contribution in [1.82, 2.24) is 4.31 Å². The molecule has 2 rings (SSSR count). The summed E-state index contributed by atoms with van der Waals surface area (Å²) in [7, 11) is 0.660. The summed E-state index contributed by atoms with van der Waals surface area (Å²) in [4.78, 5) is 23.7. The van der Waals surface area contributed by atoms with Gasteiger partial charge in [-0.25, -0.2) is 12.7 Å². The number of carbonyl (C=O) groups is 1. The molecule has 0 aromatic heterocycles. The van der Waals surface area contributed by atoms with Crippen molar-refractivity contribution in [2.45, 2.75) is 18.7 Å². The van der Waals surface area contributed by atoms with Crippen molar-refractivity contribution in [3.63, 3.8) is 0 Å². The first-order chi connectivity index (χ1) is 14.5. The number of hydrogen-bond acceptors (Lipinski definition) is 7. The summed E-state index contributed by atoms with van der Waals surface area (Å²) in [6.45, 7) is 4.26. The van der Waals surface area contributed by atoms with Gasteiger partial charge in [-0.1, -0.05) is 0 Å². The molecule has 0 saturated carbocycles. The number of nitrogens with one attached hydrogen (secondary N) is 2. The first kappa shape index (κ1) is 24.3. The maximum atomic E-state index is 13.0. The topological polar surface area (TPSA) is 131 Å². The molecule has 0 aliphatic rings. The summed E-state index contributed by atoms with van der Waals surface area (Å²) in [5.41, 5.74) is 1.88. The first-order valence-electron chi connectivity index (χ1n) is 9.35. The van der Waals surface area contributed by atoms with Crippen molar-refractivity contribution in [2.24, 2.45) is 0 Å². The highest BCUT2D eigenvalue weighted by molar-refractivity contribution is 7.89. The second kappa shape index (κ2) is 9.86. The maximum absolute atomic E-state index is 13.0. The van der Waals surface area contributed by atoms with Crippen LogP contribution in [0, 0.1) is 24.0 Å². The third-order valence-electron chi connectivity index (χ3n) is 4.75. The zero-order chi connectivity index (χ0) is 23.3. The van der Waals surface area contributed by atoms with E-state index < -0.39 is 20.9 Å². The Bertz CT molecular complexity index is 1100. The van der Waals surface area contributed by atoms with Crippen molar-refractivity contribution >= 4 is 33.0 Å². The van der Waals surface area contributed by atoms with Gasteiger partial charge < -0.3 is 15.4 Å². The normalized spacial score (nSPS) is 11.4. The van der Waals surface area contributed by atoms with Crippen LogP contribution in [-0.4, -0.2) is 57.9 Å². The largest absolute Gasteiger partial charge is 0.383 e. The summed E-state index contributed by atoms with van der Waals surface area (Å²) < 4.78 is 31.1. The van der Waals surface area contributed by atoms with Crippen LogP contribution in [0.15, 0.2) is 35.2 Å². The molecule has 168 valence electrons. The van der Waals surface area contributed by atoms with E-state index in [1.54, 1.807) is 13.8 Å². The number of non-ortho nitro benzene ring substituents is 1. The van der Waals surface area contributed by atoms with Crippen LogP contribution < -0.4 is 10.6 Å². The second-order valence-corrected chi connectivity index (χ2v) is 9.21. The summed E-state index contributed by atoms with van der Waals surface area (Å²) in [5, 5.41) is 16.9. The number of amides is 1. The zero-order valence-electron chi connectivity index (χ0n) is 18.1. The Hall–Kier alpha value is -3.02. The minimum absolute atomic E-state index is 0.0355. The quantitative estimate of drug-likeness (QED) is 0.341. The molecule has 11 heteroatoms. The molecule has 2 aromatic carbocycles. The van der Waals surface area contributed by atoms with Gasteiger partial charge in [-0.3, -0.25) is 14.9 Å². The van der Waals surface area contributed by atoms with Gasteiger partial charge in [-0.15, -0.1) is 0 Å². The standard InChI is InChI=1S/C20H26N4O6S/c1-13-10-16(31(28,29)23(3)4)12-19(14(13)2)22-20(25)17-11-15(24(26)27)6-7-18(17)21-8-9-30-5/h6-7,10-12,21H,8-9H2,1-5H3,(H,22,25). The lowest BCUT2D eigenvalue weighted by molar-refractivity contribution is -0.384. The molecule has 1 amide bonds. The zero-order valence-corrected chi connectivity index (χ0v) is 18.9. The lowest BCUT2D eigenvalue weighted by Crippen LogP contribution is -2.23. The second-order valence-electron chi connectivity index (χ2n) is 7.06. The molecule has 0 aliphatic heterocycles. The van der Waals surface area contributed by atoms with Gasteiger partial charge in [-0.05, 0) is 43.2 Å². The van der Waals surface area contributed by atoms with Crippen LogP contribution in [0.4, 0.5) is 17.1 Å². The van der Waals surface area contributed by atoms with Gasteiger partial charge in [0.05, 0.1) is 22.0 Å². The minimum Gasteiger partial charge on any atom is -0.383 e. The van der Waals surface area contributed by atoms with Crippen LogP contribution in [0.25, 0.3) is 0 Å². The lowest BCUT2D eigenvalue weighted by Gasteiger charge is -2.17. The third-order valence-corrected chi connectivity index (χ3v) is 6.54. The molecule has 31 heavy (non-hydrogen) atoms. The maximum Gasteiger partial charge on any atom is 0.270 e. The Kier molecular flexibility index (Phi) is 7.71. The van der Waals surface area contributed by atoms with E-state index >= 15 is 0 Å². The average Bonchev–Trinajstić information content (AvgIpc) is 2.71. The molecule has 0 fully saturated rings. The number of carbonyl (C=O) groups excluding carboxylic acids is 1. The Morgan fingerprint density at radius 2 is 1.84 bits per heavy atom. The van der Waals surface area contributed by atoms with E-state index in [0.29, 0.717) is 35.7 Å². The first-order valence-corrected chi connectivity index (χ1v) is 10.8. The van der Waals surface area contributed by atoms with E-state index in [0.717, 1.165) is 4.31 Å². The van der Waals surface area contributed by atoms with Crippen LogP contribution >= 0.6 is 0 Å². The third kappa shape index (κ3) is 5.57. The smallest absolute Gasteiger partial charge is 0.270 e. The summed E-state index contributed by atoms with van der Waals surface area (Å²) in [6.07, 6.45) is 0.